The average molecular weight is 201 g/mol. The molecule has 12 heavy (non-hydrogen) atoms. The van der Waals surface area contributed by atoms with Crippen LogP contribution in [0.3, 0.4) is 0 Å². The first kappa shape index (κ1) is 8.58. The van der Waals surface area contributed by atoms with E-state index in [1.807, 2.05) is 11.3 Å². The number of halogens is 1. The van der Waals surface area contributed by atoms with Gasteiger partial charge in [0.1, 0.15) is 0 Å². The molecule has 2 rings (SSSR count). The van der Waals surface area contributed by atoms with E-state index in [0.29, 0.717) is 5.38 Å². The maximum absolute atomic E-state index is 6.27. The minimum absolute atomic E-state index is 0.374. The van der Waals surface area contributed by atoms with Crippen LogP contribution in [0.5, 0.6) is 0 Å². The predicted molar refractivity (Wildman–Crippen MR) is 54.9 cm³/mol. The molecule has 0 nitrogen and oxygen atoms in total. The molecule has 0 N–H and O–H groups in total. The first-order valence-electron chi connectivity index (χ1n) is 4.44. The standard InChI is InChI=1S/C10H13ClS/c1-7-5-9(7)10(11)6-8-3-2-4-12-8/h2-4,7,9-10H,5-6H2,1H3. The Morgan fingerprint density at radius 1 is 1.75 bits per heavy atom. The molecule has 0 bridgehead atoms. The fourth-order valence-electron chi connectivity index (χ4n) is 1.63. The van der Waals surface area contributed by atoms with Gasteiger partial charge in [0.2, 0.25) is 0 Å². The molecule has 0 spiro atoms. The highest BCUT2D eigenvalue weighted by Gasteiger charge is 2.38. The monoisotopic (exact) mass is 200 g/mol. The molecule has 0 amide bonds. The van der Waals surface area contributed by atoms with E-state index in [1.54, 1.807) is 0 Å². The van der Waals surface area contributed by atoms with E-state index < -0.39 is 0 Å². The van der Waals surface area contributed by atoms with Crippen molar-refractivity contribution in [3.8, 4) is 0 Å². The molecule has 0 aliphatic heterocycles. The van der Waals surface area contributed by atoms with Crippen molar-refractivity contribution in [2.75, 3.05) is 0 Å². The molecule has 3 unspecified atom stereocenters. The number of alkyl halides is 1. The SMILES string of the molecule is CC1CC1C(Cl)Cc1cccs1. The van der Waals surface area contributed by atoms with Gasteiger partial charge >= 0.3 is 0 Å². The number of hydrogen-bond acceptors (Lipinski definition) is 1. The molecular formula is C10H13ClS. The van der Waals surface area contributed by atoms with Gasteiger partial charge in [0.15, 0.2) is 0 Å². The van der Waals surface area contributed by atoms with Gasteiger partial charge in [-0.05, 0) is 36.1 Å². The molecular weight excluding hydrogens is 188 g/mol. The summed E-state index contributed by atoms with van der Waals surface area (Å²) < 4.78 is 0. The molecule has 66 valence electrons. The molecule has 1 saturated carbocycles. The third kappa shape index (κ3) is 1.83. The maximum Gasteiger partial charge on any atom is 0.0415 e. The molecule has 1 aromatic heterocycles. The first-order chi connectivity index (χ1) is 5.77. The number of thiophene rings is 1. The lowest BCUT2D eigenvalue weighted by molar-refractivity contribution is 0.687. The van der Waals surface area contributed by atoms with Crippen LogP contribution in [0.2, 0.25) is 0 Å². The first-order valence-corrected chi connectivity index (χ1v) is 5.75. The van der Waals surface area contributed by atoms with Crippen molar-refractivity contribution in [2.24, 2.45) is 11.8 Å². The summed E-state index contributed by atoms with van der Waals surface area (Å²) in [5, 5.41) is 2.49. The summed E-state index contributed by atoms with van der Waals surface area (Å²) >= 11 is 8.08. The second-order valence-corrected chi connectivity index (χ2v) is 5.27. The molecule has 0 saturated heterocycles. The third-order valence-electron chi connectivity index (χ3n) is 2.61. The van der Waals surface area contributed by atoms with Crippen LogP contribution in [-0.4, -0.2) is 5.38 Å². The topological polar surface area (TPSA) is 0 Å². The minimum atomic E-state index is 0.374. The summed E-state index contributed by atoms with van der Waals surface area (Å²) in [5.74, 6) is 1.65. The Morgan fingerprint density at radius 2 is 2.50 bits per heavy atom. The van der Waals surface area contributed by atoms with Crippen LogP contribution >= 0.6 is 22.9 Å². The molecule has 1 aromatic rings. The van der Waals surface area contributed by atoms with Crippen molar-refractivity contribution < 1.29 is 0 Å². The molecule has 0 aromatic carbocycles. The molecule has 1 heterocycles. The van der Waals surface area contributed by atoms with E-state index >= 15 is 0 Å². The highest BCUT2D eigenvalue weighted by molar-refractivity contribution is 7.09. The lowest BCUT2D eigenvalue weighted by atomic mass is 10.1. The Kier molecular flexibility index (Phi) is 2.42. The van der Waals surface area contributed by atoms with E-state index in [9.17, 15) is 0 Å². The maximum atomic E-state index is 6.27. The Bertz CT molecular complexity index is 242. The summed E-state index contributed by atoms with van der Waals surface area (Å²) in [6.07, 6.45) is 2.40. The predicted octanol–water partition coefficient (Wildman–Crippen LogP) is 3.55. The summed E-state index contributed by atoms with van der Waals surface area (Å²) in [6, 6.07) is 4.27. The summed E-state index contributed by atoms with van der Waals surface area (Å²) in [5.41, 5.74) is 0. The van der Waals surface area contributed by atoms with Gasteiger partial charge in [0, 0.05) is 10.3 Å². The zero-order valence-electron chi connectivity index (χ0n) is 7.16. The van der Waals surface area contributed by atoms with Crippen molar-refractivity contribution in [1.29, 1.82) is 0 Å². The summed E-state index contributed by atoms with van der Waals surface area (Å²) in [4.78, 5) is 1.43. The van der Waals surface area contributed by atoms with Gasteiger partial charge in [0.25, 0.3) is 0 Å². The Balaban J connectivity index is 1.87. The molecule has 0 radical (unpaired) electrons. The van der Waals surface area contributed by atoms with E-state index in [4.69, 9.17) is 11.6 Å². The van der Waals surface area contributed by atoms with Crippen LogP contribution in [0, 0.1) is 11.8 Å². The van der Waals surface area contributed by atoms with Crippen molar-refractivity contribution in [1.82, 2.24) is 0 Å². The van der Waals surface area contributed by atoms with Crippen LogP contribution in [0.1, 0.15) is 18.2 Å². The lowest BCUT2D eigenvalue weighted by Crippen LogP contribution is -2.05. The molecule has 2 heteroatoms. The van der Waals surface area contributed by atoms with E-state index in [1.165, 1.54) is 11.3 Å². The van der Waals surface area contributed by atoms with Gasteiger partial charge in [-0.2, -0.15) is 0 Å². The highest BCUT2D eigenvalue weighted by Crippen LogP contribution is 2.44. The highest BCUT2D eigenvalue weighted by atomic mass is 35.5. The Labute approximate surface area is 82.6 Å². The van der Waals surface area contributed by atoms with Gasteiger partial charge in [-0.1, -0.05) is 13.0 Å². The van der Waals surface area contributed by atoms with Crippen molar-refractivity contribution in [3.05, 3.63) is 22.4 Å². The molecule has 1 aliphatic rings. The minimum Gasteiger partial charge on any atom is -0.149 e. The van der Waals surface area contributed by atoms with Crippen molar-refractivity contribution in [3.63, 3.8) is 0 Å². The average Bonchev–Trinajstić information content (AvgIpc) is 2.58. The van der Waals surface area contributed by atoms with Crippen LogP contribution in [0.4, 0.5) is 0 Å². The Hall–Kier alpha value is -0.0100. The van der Waals surface area contributed by atoms with E-state index in [2.05, 4.69) is 24.4 Å². The fourth-order valence-corrected chi connectivity index (χ4v) is 3.00. The molecule has 1 fully saturated rings. The largest absolute Gasteiger partial charge is 0.149 e. The van der Waals surface area contributed by atoms with Gasteiger partial charge in [-0.15, -0.1) is 22.9 Å². The van der Waals surface area contributed by atoms with Crippen LogP contribution in [0.15, 0.2) is 17.5 Å². The van der Waals surface area contributed by atoms with Gasteiger partial charge in [-0.25, -0.2) is 0 Å². The van der Waals surface area contributed by atoms with Gasteiger partial charge < -0.3 is 0 Å². The zero-order valence-corrected chi connectivity index (χ0v) is 8.74. The fraction of sp³-hybridized carbons (Fsp3) is 0.600. The molecule has 3 atom stereocenters. The Morgan fingerprint density at radius 3 is 3.00 bits per heavy atom. The second kappa shape index (κ2) is 3.39. The molecule has 1 aliphatic carbocycles. The zero-order chi connectivity index (χ0) is 8.55. The smallest absolute Gasteiger partial charge is 0.0415 e. The van der Waals surface area contributed by atoms with Gasteiger partial charge in [0.05, 0.1) is 0 Å². The van der Waals surface area contributed by atoms with Crippen molar-refractivity contribution >= 4 is 22.9 Å². The van der Waals surface area contributed by atoms with Crippen LogP contribution in [0.25, 0.3) is 0 Å². The summed E-state index contributed by atoms with van der Waals surface area (Å²) in [7, 11) is 0. The normalized spacial score (nSPS) is 30.2. The van der Waals surface area contributed by atoms with E-state index in [-0.39, 0.29) is 0 Å². The number of hydrogen-bond donors (Lipinski definition) is 0. The summed E-state index contributed by atoms with van der Waals surface area (Å²) in [6.45, 7) is 2.29. The van der Waals surface area contributed by atoms with Crippen LogP contribution < -0.4 is 0 Å². The van der Waals surface area contributed by atoms with E-state index in [0.717, 1.165) is 18.3 Å². The van der Waals surface area contributed by atoms with Crippen molar-refractivity contribution in [2.45, 2.75) is 25.1 Å². The quantitative estimate of drug-likeness (QED) is 0.655. The second-order valence-electron chi connectivity index (χ2n) is 3.68. The van der Waals surface area contributed by atoms with Gasteiger partial charge in [-0.3, -0.25) is 0 Å². The third-order valence-corrected chi connectivity index (χ3v) is 3.99. The lowest BCUT2D eigenvalue weighted by Gasteiger charge is -2.05. The van der Waals surface area contributed by atoms with Crippen LogP contribution in [-0.2, 0) is 6.42 Å². The number of rotatable bonds is 3.